The topological polar surface area (TPSA) is 49.8 Å². The molecular weight excluding hydrogens is 256 g/mol. The molecule has 0 heterocycles. The molecule has 0 aliphatic carbocycles. The van der Waals surface area contributed by atoms with E-state index in [1.165, 1.54) is 12.0 Å². The molecular formula is C13H17F2NO3. The number of ether oxygens (including phenoxy) is 1. The number of aliphatic carboxylic acids is 1. The molecule has 106 valence electrons. The molecule has 19 heavy (non-hydrogen) atoms. The fourth-order valence-corrected chi connectivity index (χ4v) is 1.62. The zero-order chi connectivity index (χ0) is 14.3. The molecule has 0 amide bonds. The zero-order valence-corrected chi connectivity index (χ0v) is 10.7. The van der Waals surface area contributed by atoms with E-state index in [2.05, 4.69) is 0 Å². The summed E-state index contributed by atoms with van der Waals surface area (Å²) in [6, 6.07) is 9.05. The molecule has 1 N–H and O–H groups in total. The molecule has 0 spiro atoms. The molecule has 0 unspecified atom stereocenters. The Morgan fingerprint density at radius 3 is 2.53 bits per heavy atom. The van der Waals surface area contributed by atoms with E-state index in [-0.39, 0.29) is 19.7 Å². The van der Waals surface area contributed by atoms with Gasteiger partial charge in [-0.05, 0) is 5.56 Å². The minimum absolute atomic E-state index is 0.244. The maximum Gasteiger partial charge on any atom is 0.375 e. The van der Waals surface area contributed by atoms with Crippen LogP contribution in [-0.2, 0) is 16.1 Å². The van der Waals surface area contributed by atoms with Crippen LogP contribution in [0, 0.1) is 0 Å². The number of halogens is 2. The first-order valence-corrected chi connectivity index (χ1v) is 5.82. The molecule has 1 aromatic rings. The smallest absolute Gasteiger partial charge is 0.375 e. The maximum atomic E-state index is 13.2. The van der Waals surface area contributed by atoms with Crippen molar-refractivity contribution in [2.45, 2.75) is 12.5 Å². The summed E-state index contributed by atoms with van der Waals surface area (Å²) in [4.78, 5) is 11.8. The Labute approximate surface area is 110 Å². The summed E-state index contributed by atoms with van der Waals surface area (Å²) >= 11 is 0. The Kier molecular flexibility index (Phi) is 5.85. The Morgan fingerprint density at radius 1 is 1.37 bits per heavy atom. The van der Waals surface area contributed by atoms with E-state index in [4.69, 9.17) is 9.84 Å². The van der Waals surface area contributed by atoms with E-state index in [1.807, 2.05) is 6.07 Å². The van der Waals surface area contributed by atoms with E-state index in [1.54, 1.807) is 24.3 Å². The highest BCUT2D eigenvalue weighted by Crippen LogP contribution is 2.17. The van der Waals surface area contributed by atoms with Crippen molar-refractivity contribution in [2.24, 2.45) is 0 Å². The number of methoxy groups -OCH3 is 1. The molecule has 1 rings (SSSR count). The van der Waals surface area contributed by atoms with Gasteiger partial charge in [0.1, 0.15) is 0 Å². The number of rotatable bonds is 8. The molecule has 0 bridgehead atoms. The summed E-state index contributed by atoms with van der Waals surface area (Å²) in [6.45, 7) is -0.0650. The number of carbonyl (C=O) groups is 1. The molecule has 1 aromatic carbocycles. The highest BCUT2D eigenvalue weighted by atomic mass is 19.3. The van der Waals surface area contributed by atoms with Crippen LogP contribution in [0.3, 0.4) is 0 Å². The van der Waals surface area contributed by atoms with Crippen molar-refractivity contribution in [2.75, 3.05) is 26.8 Å². The largest absolute Gasteiger partial charge is 0.477 e. The van der Waals surface area contributed by atoms with E-state index in [9.17, 15) is 13.6 Å². The SMILES string of the molecule is COCCN(Cc1ccccc1)CC(F)(F)C(=O)O. The predicted octanol–water partition coefficient (Wildman–Crippen LogP) is 1.85. The average Bonchev–Trinajstić information content (AvgIpc) is 2.36. The van der Waals surface area contributed by atoms with Crippen molar-refractivity contribution in [1.29, 1.82) is 0 Å². The van der Waals surface area contributed by atoms with Gasteiger partial charge in [-0.25, -0.2) is 4.79 Å². The lowest BCUT2D eigenvalue weighted by Crippen LogP contribution is -2.43. The zero-order valence-electron chi connectivity index (χ0n) is 10.7. The minimum atomic E-state index is -3.76. The summed E-state index contributed by atoms with van der Waals surface area (Å²) in [5.74, 6) is -5.87. The molecule has 0 radical (unpaired) electrons. The number of hydrogen-bond acceptors (Lipinski definition) is 3. The van der Waals surface area contributed by atoms with Crippen molar-refractivity contribution < 1.29 is 23.4 Å². The van der Waals surface area contributed by atoms with Crippen LogP contribution < -0.4 is 0 Å². The Morgan fingerprint density at radius 2 is 2.00 bits per heavy atom. The second-order valence-corrected chi connectivity index (χ2v) is 4.20. The number of benzene rings is 1. The van der Waals surface area contributed by atoms with E-state index >= 15 is 0 Å². The molecule has 0 aliphatic heterocycles. The van der Waals surface area contributed by atoms with E-state index < -0.39 is 18.4 Å². The Hall–Kier alpha value is -1.53. The lowest BCUT2D eigenvalue weighted by Gasteiger charge is -2.25. The third-order valence-electron chi connectivity index (χ3n) is 2.60. The first kappa shape index (κ1) is 15.5. The summed E-state index contributed by atoms with van der Waals surface area (Å²) < 4.78 is 31.3. The number of carboxylic acids is 1. The molecule has 0 aromatic heterocycles. The van der Waals surface area contributed by atoms with Gasteiger partial charge in [0.25, 0.3) is 0 Å². The summed E-state index contributed by atoms with van der Waals surface area (Å²) in [7, 11) is 1.47. The number of hydrogen-bond donors (Lipinski definition) is 1. The van der Waals surface area contributed by atoms with Crippen LogP contribution in [0.15, 0.2) is 30.3 Å². The summed E-state index contributed by atoms with van der Waals surface area (Å²) in [5, 5.41) is 8.47. The monoisotopic (exact) mass is 273 g/mol. The van der Waals surface area contributed by atoms with Crippen LogP contribution >= 0.6 is 0 Å². The fraction of sp³-hybridized carbons (Fsp3) is 0.462. The van der Waals surface area contributed by atoms with Gasteiger partial charge in [-0.3, -0.25) is 4.90 Å². The van der Waals surface area contributed by atoms with Crippen LogP contribution in [0.25, 0.3) is 0 Å². The Balaban J connectivity index is 2.69. The lowest BCUT2D eigenvalue weighted by molar-refractivity contribution is -0.167. The van der Waals surface area contributed by atoms with Crippen LogP contribution in [-0.4, -0.2) is 48.7 Å². The summed E-state index contributed by atoms with van der Waals surface area (Å²) in [5.41, 5.74) is 0.847. The summed E-state index contributed by atoms with van der Waals surface area (Å²) in [6.07, 6.45) is 0. The molecule has 0 fully saturated rings. The van der Waals surface area contributed by atoms with Crippen molar-refractivity contribution in [3.8, 4) is 0 Å². The number of alkyl halides is 2. The molecule has 0 saturated heterocycles. The van der Waals surface area contributed by atoms with Gasteiger partial charge in [-0.15, -0.1) is 0 Å². The molecule has 0 saturated carbocycles. The van der Waals surface area contributed by atoms with Gasteiger partial charge in [0.05, 0.1) is 13.2 Å². The second-order valence-electron chi connectivity index (χ2n) is 4.20. The van der Waals surface area contributed by atoms with E-state index in [0.717, 1.165) is 5.56 Å². The second kappa shape index (κ2) is 7.16. The van der Waals surface area contributed by atoms with Gasteiger partial charge in [0.15, 0.2) is 0 Å². The quantitative estimate of drug-likeness (QED) is 0.785. The average molecular weight is 273 g/mol. The van der Waals surface area contributed by atoms with Gasteiger partial charge < -0.3 is 9.84 Å². The highest BCUT2D eigenvalue weighted by molar-refractivity contribution is 5.75. The van der Waals surface area contributed by atoms with Crippen LogP contribution in [0.2, 0.25) is 0 Å². The van der Waals surface area contributed by atoms with Gasteiger partial charge >= 0.3 is 11.9 Å². The van der Waals surface area contributed by atoms with Crippen LogP contribution in [0.1, 0.15) is 5.56 Å². The fourth-order valence-electron chi connectivity index (χ4n) is 1.62. The van der Waals surface area contributed by atoms with Crippen molar-refractivity contribution in [3.05, 3.63) is 35.9 Å². The van der Waals surface area contributed by atoms with Gasteiger partial charge in [0.2, 0.25) is 0 Å². The Bertz CT molecular complexity index is 398. The molecule has 0 atom stereocenters. The third-order valence-corrected chi connectivity index (χ3v) is 2.60. The van der Waals surface area contributed by atoms with Crippen LogP contribution in [0.4, 0.5) is 8.78 Å². The normalized spacial score (nSPS) is 11.8. The third kappa shape index (κ3) is 5.32. The standard InChI is InChI=1S/C13H17F2NO3/c1-19-8-7-16(10-13(14,15)12(17)18)9-11-5-3-2-4-6-11/h2-6H,7-10H2,1H3,(H,17,18). The van der Waals surface area contributed by atoms with Gasteiger partial charge in [-0.1, -0.05) is 30.3 Å². The first-order valence-electron chi connectivity index (χ1n) is 5.82. The van der Waals surface area contributed by atoms with Crippen molar-refractivity contribution in [3.63, 3.8) is 0 Å². The lowest BCUT2D eigenvalue weighted by atomic mass is 10.2. The number of carboxylic acid groups (broad SMARTS) is 1. The van der Waals surface area contributed by atoms with Crippen molar-refractivity contribution >= 4 is 5.97 Å². The number of nitrogens with zero attached hydrogens (tertiary/aromatic N) is 1. The van der Waals surface area contributed by atoms with Crippen molar-refractivity contribution in [1.82, 2.24) is 4.90 Å². The molecule has 0 aliphatic rings. The van der Waals surface area contributed by atoms with E-state index in [0.29, 0.717) is 0 Å². The van der Waals surface area contributed by atoms with Crippen LogP contribution in [0.5, 0.6) is 0 Å². The maximum absolute atomic E-state index is 13.2. The van der Waals surface area contributed by atoms with Gasteiger partial charge in [0, 0.05) is 20.2 Å². The van der Waals surface area contributed by atoms with Gasteiger partial charge in [-0.2, -0.15) is 8.78 Å². The molecule has 4 nitrogen and oxygen atoms in total. The molecule has 6 heteroatoms. The predicted molar refractivity (Wildman–Crippen MR) is 66.2 cm³/mol. The minimum Gasteiger partial charge on any atom is -0.477 e. The first-order chi connectivity index (χ1) is 8.95. The highest BCUT2D eigenvalue weighted by Gasteiger charge is 2.40.